The minimum atomic E-state index is -0.0736. The van der Waals surface area contributed by atoms with E-state index in [0.29, 0.717) is 5.92 Å². The molecule has 1 aromatic rings. The lowest BCUT2D eigenvalue weighted by molar-refractivity contribution is 0.479. The summed E-state index contributed by atoms with van der Waals surface area (Å²) in [5.41, 5.74) is 0.826. The summed E-state index contributed by atoms with van der Waals surface area (Å²) in [5.74, 6) is 0.547. The zero-order valence-corrected chi connectivity index (χ0v) is 9.72. The maximum atomic E-state index is 11.6. The Hall–Kier alpha value is -0.990. The molecule has 3 heteroatoms. The third kappa shape index (κ3) is 2.50. The largest absolute Gasteiger partial charge is 0.292 e. The molecule has 0 spiro atoms. The molecule has 1 rings (SSSR count). The first-order valence-electron chi connectivity index (χ1n) is 5.10. The molecule has 3 nitrogen and oxygen atoms in total. The van der Waals surface area contributed by atoms with Crippen molar-refractivity contribution in [2.45, 2.75) is 46.6 Å². The first-order valence-corrected chi connectivity index (χ1v) is 5.10. The molecule has 0 aliphatic rings. The minimum Gasteiger partial charge on any atom is -0.292 e. The Labute approximate surface area is 85.1 Å². The second-order valence-corrected chi connectivity index (χ2v) is 5.28. The molecule has 0 fully saturated rings. The van der Waals surface area contributed by atoms with E-state index >= 15 is 0 Å². The highest BCUT2D eigenvalue weighted by atomic mass is 16.1. The van der Waals surface area contributed by atoms with E-state index in [2.05, 4.69) is 39.7 Å². The van der Waals surface area contributed by atoms with Crippen LogP contribution in [0, 0.1) is 5.92 Å². The molecule has 1 heterocycles. The van der Waals surface area contributed by atoms with Crippen LogP contribution in [0.1, 0.15) is 40.2 Å². The van der Waals surface area contributed by atoms with E-state index in [-0.39, 0.29) is 11.0 Å². The highest BCUT2D eigenvalue weighted by Crippen LogP contribution is 2.17. The molecule has 0 radical (unpaired) electrons. The number of aromatic nitrogens is 2. The summed E-state index contributed by atoms with van der Waals surface area (Å²) in [6.45, 7) is 11.3. The van der Waals surface area contributed by atoms with E-state index in [4.69, 9.17) is 0 Å². The standard InChI is InChI=1S/C11H20N2O/c1-8(2)6-13-7-9(10(14)12-13)11(3,4)5/h7-8H,6H2,1-5H3,(H,12,14). The molecule has 0 saturated carbocycles. The Morgan fingerprint density at radius 2 is 2.00 bits per heavy atom. The molecule has 0 atom stereocenters. The topological polar surface area (TPSA) is 37.8 Å². The Balaban J connectivity index is 3.00. The molecular weight excluding hydrogens is 176 g/mol. The molecule has 80 valence electrons. The van der Waals surface area contributed by atoms with Gasteiger partial charge in [0.05, 0.1) is 0 Å². The molecule has 0 aliphatic carbocycles. The van der Waals surface area contributed by atoms with Crippen LogP contribution >= 0.6 is 0 Å². The van der Waals surface area contributed by atoms with Crippen molar-refractivity contribution in [1.29, 1.82) is 0 Å². The van der Waals surface area contributed by atoms with E-state index in [1.165, 1.54) is 0 Å². The first kappa shape index (κ1) is 11.1. The molecule has 0 saturated heterocycles. The van der Waals surface area contributed by atoms with Crippen LogP contribution in [0.2, 0.25) is 0 Å². The second kappa shape index (κ2) is 3.64. The highest BCUT2D eigenvalue weighted by molar-refractivity contribution is 5.15. The summed E-state index contributed by atoms with van der Waals surface area (Å²) >= 11 is 0. The van der Waals surface area contributed by atoms with Gasteiger partial charge in [-0.05, 0) is 11.3 Å². The number of rotatable bonds is 2. The average molecular weight is 196 g/mol. The third-order valence-corrected chi connectivity index (χ3v) is 2.14. The predicted octanol–water partition coefficient (Wildman–Crippen LogP) is 2.13. The SMILES string of the molecule is CC(C)Cn1cc(C(C)(C)C)c(=O)[nH]1. The Morgan fingerprint density at radius 3 is 2.36 bits per heavy atom. The van der Waals surface area contributed by atoms with Crippen molar-refractivity contribution in [1.82, 2.24) is 9.78 Å². The number of nitrogens with one attached hydrogen (secondary N) is 1. The molecule has 1 N–H and O–H groups in total. The minimum absolute atomic E-state index is 0.0400. The maximum Gasteiger partial charge on any atom is 0.267 e. The van der Waals surface area contributed by atoms with Crippen molar-refractivity contribution in [2.24, 2.45) is 5.92 Å². The van der Waals surface area contributed by atoms with E-state index in [1.807, 2.05) is 10.9 Å². The zero-order valence-electron chi connectivity index (χ0n) is 9.72. The van der Waals surface area contributed by atoms with Crippen molar-refractivity contribution >= 4 is 0 Å². The summed E-state index contributed by atoms with van der Waals surface area (Å²) in [4.78, 5) is 11.6. The van der Waals surface area contributed by atoms with Gasteiger partial charge in [0.25, 0.3) is 5.56 Å². The predicted molar refractivity (Wildman–Crippen MR) is 58.6 cm³/mol. The van der Waals surface area contributed by atoms with Crippen LogP contribution in [-0.2, 0) is 12.0 Å². The fourth-order valence-corrected chi connectivity index (χ4v) is 1.46. The number of hydrogen-bond donors (Lipinski definition) is 1. The summed E-state index contributed by atoms with van der Waals surface area (Å²) < 4.78 is 1.88. The number of hydrogen-bond acceptors (Lipinski definition) is 1. The van der Waals surface area contributed by atoms with Gasteiger partial charge in [-0.1, -0.05) is 34.6 Å². The molecule has 0 bridgehead atoms. The molecule has 0 aromatic carbocycles. The van der Waals surface area contributed by atoms with Crippen LogP contribution < -0.4 is 5.56 Å². The molecule has 0 unspecified atom stereocenters. The maximum absolute atomic E-state index is 11.6. The quantitative estimate of drug-likeness (QED) is 0.773. The average Bonchev–Trinajstić information content (AvgIpc) is 2.27. The lowest BCUT2D eigenvalue weighted by atomic mass is 9.89. The Morgan fingerprint density at radius 1 is 1.43 bits per heavy atom. The normalized spacial score (nSPS) is 12.4. The van der Waals surface area contributed by atoms with Crippen LogP contribution in [0.15, 0.2) is 11.0 Å². The zero-order chi connectivity index (χ0) is 10.9. The lowest BCUT2D eigenvalue weighted by Gasteiger charge is -2.14. The molecule has 0 aliphatic heterocycles. The summed E-state index contributed by atoms with van der Waals surface area (Å²) in [6.07, 6.45) is 1.93. The summed E-state index contributed by atoms with van der Waals surface area (Å²) in [5, 5.41) is 2.84. The van der Waals surface area contributed by atoms with Gasteiger partial charge in [0.15, 0.2) is 0 Å². The van der Waals surface area contributed by atoms with Gasteiger partial charge in [-0.25, -0.2) is 0 Å². The van der Waals surface area contributed by atoms with Crippen molar-refractivity contribution in [3.63, 3.8) is 0 Å². The van der Waals surface area contributed by atoms with Crippen LogP contribution in [0.5, 0.6) is 0 Å². The van der Waals surface area contributed by atoms with Crippen LogP contribution in [-0.4, -0.2) is 9.78 Å². The van der Waals surface area contributed by atoms with Gasteiger partial charge < -0.3 is 0 Å². The third-order valence-electron chi connectivity index (χ3n) is 2.14. The highest BCUT2D eigenvalue weighted by Gasteiger charge is 2.19. The fraction of sp³-hybridized carbons (Fsp3) is 0.727. The van der Waals surface area contributed by atoms with Crippen LogP contribution in [0.3, 0.4) is 0 Å². The van der Waals surface area contributed by atoms with E-state index in [0.717, 1.165) is 12.1 Å². The second-order valence-electron chi connectivity index (χ2n) is 5.28. The van der Waals surface area contributed by atoms with E-state index < -0.39 is 0 Å². The number of nitrogens with zero attached hydrogens (tertiary/aromatic N) is 1. The molecule has 1 aromatic heterocycles. The van der Waals surface area contributed by atoms with Crippen LogP contribution in [0.4, 0.5) is 0 Å². The lowest BCUT2D eigenvalue weighted by Crippen LogP contribution is -2.20. The van der Waals surface area contributed by atoms with E-state index in [1.54, 1.807) is 0 Å². The van der Waals surface area contributed by atoms with Gasteiger partial charge in [0.1, 0.15) is 0 Å². The van der Waals surface area contributed by atoms with Gasteiger partial charge in [-0.3, -0.25) is 14.6 Å². The van der Waals surface area contributed by atoms with Crippen molar-refractivity contribution in [3.05, 3.63) is 22.1 Å². The van der Waals surface area contributed by atoms with Gasteiger partial charge in [0, 0.05) is 18.3 Å². The van der Waals surface area contributed by atoms with Crippen molar-refractivity contribution in [2.75, 3.05) is 0 Å². The Kier molecular flexibility index (Phi) is 2.88. The fourth-order valence-electron chi connectivity index (χ4n) is 1.46. The van der Waals surface area contributed by atoms with Crippen molar-refractivity contribution < 1.29 is 0 Å². The van der Waals surface area contributed by atoms with E-state index in [9.17, 15) is 4.79 Å². The molecule has 14 heavy (non-hydrogen) atoms. The van der Waals surface area contributed by atoms with Crippen molar-refractivity contribution in [3.8, 4) is 0 Å². The first-order chi connectivity index (χ1) is 6.30. The number of aromatic amines is 1. The summed E-state index contributed by atoms with van der Waals surface area (Å²) in [7, 11) is 0. The molecule has 0 amide bonds. The Bertz CT molecular complexity index is 352. The van der Waals surface area contributed by atoms with Gasteiger partial charge in [0.2, 0.25) is 0 Å². The molecular formula is C11H20N2O. The summed E-state index contributed by atoms with van der Waals surface area (Å²) in [6, 6.07) is 0. The smallest absolute Gasteiger partial charge is 0.267 e. The van der Waals surface area contributed by atoms with Gasteiger partial charge in [-0.2, -0.15) is 0 Å². The number of H-pyrrole nitrogens is 1. The van der Waals surface area contributed by atoms with Crippen LogP contribution in [0.25, 0.3) is 0 Å². The van der Waals surface area contributed by atoms with Gasteiger partial charge in [-0.15, -0.1) is 0 Å². The monoisotopic (exact) mass is 196 g/mol. The van der Waals surface area contributed by atoms with Gasteiger partial charge >= 0.3 is 0 Å².